The van der Waals surface area contributed by atoms with Gasteiger partial charge in [0.25, 0.3) is 0 Å². The van der Waals surface area contributed by atoms with Crippen molar-refractivity contribution in [2.45, 2.75) is 25.7 Å². The van der Waals surface area contributed by atoms with Gasteiger partial charge in [-0.25, -0.2) is 4.79 Å². The fraction of sp³-hybridized carbons (Fsp3) is 0.429. The number of carbonyl (C=O) groups is 2. The molecule has 0 heterocycles. The first-order valence-electron chi connectivity index (χ1n) is 5.88. The molecule has 4 heteroatoms. The Morgan fingerprint density at radius 1 is 1.28 bits per heavy atom. The number of halogens is 1. The maximum atomic E-state index is 11.4. The van der Waals surface area contributed by atoms with Gasteiger partial charge in [-0.05, 0) is 30.0 Å². The van der Waals surface area contributed by atoms with Crippen molar-refractivity contribution in [3.8, 4) is 0 Å². The first-order valence-corrected chi connectivity index (χ1v) is 6.41. The monoisotopic (exact) mass is 268 g/mol. The first kappa shape index (κ1) is 14.7. The summed E-state index contributed by atoms with van der Waals surface area (Å²) in [4.78, 5) is 22.7. The van der Waals surface area contributed by atoms with Crippen LogP contribution in [0.25, 0.3) is 0 Å². The van der Waals surface area contributed by atoms with Crippen molar-refractivity contribution in [1.82, 2.24) is 0 Å². The van der Waals surface area contributed by atoms with Crippen molar-refractivity contribution >= 4 is 23.4 Å². The summed E-state index contributed by atoms with van der Waals surface area (Å²) in [6, 6.07) is 7.16. The summed E-state index contributed by atoms with van der Waals surface area (Å²) < 4.78 is 4.63. The lowest BCUT2D eigenvalue weighted by atomic mass is 9.91. The second-order valence-corrected chi connectivity index (χ2v) is 4.36. The number of ether oxygens (including phenoxy) is 1. The molecule has 0 bridgehead atoms. The molecule has 0 saturated carbocycles. The van der Waals surface area contributed by atoms with Gasteiger partial charge in [0.2, 0.25) is 0 Å². The molecule has 98 valence electrons. The highest BCUT2D eigenvalue weighted by molar-refractivity contribution is 6.27. The zero-order valence-electron chi connectivity index (χ0n) is 10.6. The number of benzene rings is 1. The van der Waals surface area contributed by atoms with E-state index in [-0.39, 0.29) is 23.6 Å². The van der Waals surface area contributed by atoms with Gasteiger partial charge in [0.05, 0.1) is 18.6 Å². The summed E-state index contributed by atoms with van der Waals surface area (Å²) >= 11 is 5.52. The van der Waals surface area contributed by atoms with E-state index in [4.69, 9.17) is 11.6 Å². The summed E-state index contributed by atoms with van der Waals surface area (Å²) in [5.41, 5.74) is 1.56. The molecule has 1 aromatic carbocycles. The smallest absolute Gasteiger partial charge is 0.337 e. The molecule has 0 spiro atoms. The van der Waals surface area contributed by atoms with Crippen LogP contribution in [0.1, 0.15) is 41.6 Å². The largest absolute Gasteiger partial charge is 0.465 e. The van der Waals surface area contributed by atoms with Gasteiger partial charge < -0.3 is 4.74 Å². The molecule has 0 N–H and O–H groups in total. The van der Waals surface area contributed by atoms with Crippen LogP contribution in [0.5, 0.6) is 0 Å². The number of esters is 1. The van der Waals surface area contributed by atoms with E-state index in [2.05, 4.69) is 4.74 Å². The van der Waals surface area contributed by atoms with E-state index < -0.39 is 0 Å². The second kappa shape index (κ2) is 7.17. The van der Waals surface area contributed by atoms with Gasteiger partial charge in [0, 0.05) is 6.42 Å². The Morgan fingerprint density at radius 3 is 2.33 bits per heavy atom. The minimum atomic E-state index is -0.355. The van der Waals surface area contributed by atoms with Gasteiger partial charge >= 0.3 is 5.97 Å². The molecule has 0 aromatic heterocycles. The third-order valence-corrected chi connectivity index (χ3v) is 3.22. The number of hydrogen-bond donors (Lipinski definition) is 0. The predicted octanol–water partition coefficient (Wildman–Crippen LogP) is 3.16. The van der Waals surface area contributed by atoms with E-state index in [0.29, 0.717) is 12.0 Å². The average molecular weight is 269 g/mol. The first-order chi connectivity index (χ1) is 8.62. The standard InChI is InChI=1S/C14H17ClO3/c1-3-10(8-13(16)9-15)11-4-6-12(7-5-11)14(17)18-2/h4-7,10H,3,8-9H2,1-2H3. The molecule has 18 heavy (non-hydrogen) atoms. The van der Waals surface area contributed by atoms with E-state index in [1.807, 2.05) is 19.1 Å². The van der Waals surface area contributed by atoms with Crippen LogP contribution in [0.15, 0.2) is 24.3 Å². The Labute approximate surface area is 112 Å². The molecule has 1 aromatic rings. The van der Waals surface area contributed by atoms with Gasteiger partial charge in [0.15, 0.2) is 0 Å². The van der Waals surface area contributed by atoms with Gasteiger partial charge in [-0.3, -0.25) is 4.79 Å². The van der Waals surface area contributed by atoms with Crippen LogP contribution in [0, 0.1) is 0 Å². The molecular weight excluding hydrogens is 252 g/mol. The van der Waals surface area contributed by atoms with Crippen LogP contribution in [0.2, 0.25) is 0 Å². The van der Waals surface area contributed by atoms with Crippen molar-refractivity contribution < 1.29 is 14.3 Å². The highest BCUT2D eigenvalue weighted by atomic mass is 35.5. The molecule has 0 aliphatic heterocycles. The molecule has 0 aliphatic carbocycles. The fourth-order valence-corrected chi connectivity index (χ4v) is 1.95. The lowest BCUT2D eigenvalue weighted by Crippen LogP contribution is -2.08. The molecule has 1 unspecified atom stereocenters. The SMILES string of the molecule is CCC(CC(=O)CCl)c1ccc(C(=O)OC)cc1. The summed E-state index contributed by atoms with van der Waals surface area (Å²) in [5.74, 6) is -0.105. The second-order valence-electron chi connectivity index (χ2n) is 4.10. The number of alkyl halides is 1. The zero-order valence-corrected chi connectivity index (χ0v) is 11.4. The Balaban J connectivity index is 2.81. The molecule has 3 nitrogen and oxygen atoms in total. The van der Waals surface area contributed by atoms with E-state index in [0.717, 1.165) is 12.0 Å². The number of rotatable bonds is 6. The van der Waals surface area contributed by atoms with E-state index in [1.165, 1.54) is 7.11 Å². The average Bonchev–Trinajstić information content (AvgIpc) is 2.43. The fourth-order valence-electron chi connectivity index (χ4n) is 1.84. The van der Waals surface area contributed by atoms with Crippen LogP contribution in [-0.4, -0.2) is 24.7 Å². The van der Waals surface area contributed by atoms with Crippen LogP contribution in [0.3, 0.4) is 0 Å². The molecule has 0 fully saturated rings. The van der Waals surface area contributed by atoms with E-state index in [9.17, 15) is 9.59 Å². The Hall–Kier alpha value is -1.35. The number of Topliss-reactive ketones (excluding diaryl/α,β-unsaturated/α-hetero) is 1. The minimum absolute atomic E-state index is 0.0422. The highest BCUT2D eigenvalue weighted by Crippen LogP contribution is 2.24. The number of hydrogen-bond acceptors (Lipinski definition) is 3. The van der Waals surface area contributed by atoms with E-state index >= 15 is 0 Å². The van der Waals surface area contributed by atoms with Gasteiger partial charge in [0.1, 0.15) is 5.78 Å². The third-order valence-electron chi connectivity index (χ3n) is 2.92. The number of ketones is 1. The quantitative estimate of drug-likeness (QED) is 0.588. The Morgan fingerprint density at radius 2 is 1.89 bits per heavy atom. The summed E-state index contributed by atoms with van der Waals surface area (Å²) in [5, 5.41) is 0. The maximum Gasteiger partial charge on any atom is 0.337 e. The van der Waals surface area contributed by atoms with Crippen LogP contribution in [-0.2, 0) is 9.53 Å². The van der Waals surface area contributed by atoms with Crippen LogP contribution >= 0.6 is 11.6 Å². The molecule has 0 radical (unpaired) electrons. The molecule has 1 atom stereocenters. The van der Waals surface area contributed by atoms with Gasteiger partial charge in [-0.1, -0.05) is 19.1 Å². The van der Waals surface area contributed by atoms with Crippen molar-refractivity contribution in [1.29, 1.82) is 0 Å². The molecule has 0 aliphatic rings. The third kappa shape index (κ3) is 3.84. The summed E-state index contributed by atoms with van der Waals surface area (Å²) in [6.07, 6.45) is 1.30. The number of methoxy groups -OCH3 is 1. The molecule has 1 rings (SSSR count). The van der Waals surface area contributed by atoms with Crippen molar-refractivity contribution in [3.63, 3.8) is 0 Å². The normalized spacial score (nSPS) is 11.9. The minimum Gasteiger partial charge on any atom is -0.465 e. The predicted molar refractivity (Wildman–Crippen MR) is 71.2 cm³/mol. The lowest BCUT2D eigenvalue weighted by molar-refractivity contribution is -0.117. The maximum absolute atomic E-state index is 11.4. The molecule has 0 amide bonds. The van der Waals surface area contributed by atoms with Crippen molar-refractivity contribution in [3.05, 3.63) is 35.4 Å². The molecular formula is C14H17ClO3. The summed E-state index contributed by atoms with van der Waals surface area (Å²) in [6.45, 7) is 2.03. The Kier molecular flexibility index (Phi) is 5.86. The highest BCUT2D eigenvalue weighted by Gasteiger charge is 2.14. The van der Waals surface area contributed by atoms with Crippen molar-refractivity contribution in [2.24, 2.45) is 0 Å². The van der Waals surface area contributed by atoms with Crippen LogP contribution < -0.4 is 0 Å². The molecule has 0 saturated heterocycles. The zero-order chi connectivity index (χ0) is 13.5. The van der Waals surface area contributed by atoms with Gasteiger partial charge in [-0.15, -0.1) is 11.6 Å². The summed E-state index contributed by atoms with van der Waals surface area (Å²) in [7, 11) is 1.35. The van der Waals surface area contributed by atoms with Crippen LogP contribution in [0.4, 0.5) is 0 Å². The van der Waals surface area contributed by atoms with Gasteiger partial charge in [-0.2, -0.15) is 0 Å². The lowest BCUT2D eigenvalue weighted by Gasteiger charge is -2.14. The van der Waals surface area contributed by atoms with E-state index in [1.54, 1.807) is 12.1 Å². The van der Waals surface area contributed by atoms with Crippen molar-refractivity contribution in [2.75, 3.05) is 13.0 Å². The topological polar surface area (TPSA) is 43.4 Å². The Bertz CT molecular complexity index is 412. The number of carbonyl (C=O) groups excluding carboxylic acids is 2.